The van der Waals surface area contributed by atoms with Crippen molar-refractivity contribution < 1.29 is 14.3 Å². The third-order valence-corrected chi connectivity index (χ3v) is 4.27. The second kappa shape index (κ2) is 8.49. The fourth-order valence-electron chi connectivity index (χ4n) is 2.19. The summed E-state index contributed by atoms with van der Waals surface area (Å²) in [6.45, 7) is 4.65. The number of nitrogens with zero attached hydrogens (tertiary/aromatic N) is 2. The lowest BCUT2D eigenvalue weighted by Crippen LogP contribution is -2.50. The predicted octanol–water partition coefficient (Wildman–Crippen LogP) is -0.227. The first-order chi connectivity index (χ1) is 9.42. The van der Waals surface area contributed by atoms with Crippen molar-refractivity contribution in [3.8, 4) is 0 Å². The summed E-state index contributed by atoms with van der Waals surface area (Å²) >= 11 is 1.70. The van der Waals surface area contributed by atoms with E-state index in [1.165, 1.54) is 0 Å². The van der Waals surface area contributed by atoms with E-state index < -0.39 is 0 Å². The van der Waals surface area contributed by atoms with Gasteiger partial charge in [0.05, 0.1) is 19.3 Å². The number of nitrogens with two attached hydrogens (primary N) is 1. The highest BCUT2D eigenvalue weighted by Crippen LogP contribution is 2.14. The van der Waals surface area contributed by atoms with Gasteiger partial charge in [-0.2, -0.15) is 11.8 Å². The van der Waals surface area contributed by atoms with Crippen LogP contribution in [0.5, 0.6) is 0 Å². The first-order valence-electron chi connectivity index (χ1n) is 6.81. The van der Waals surface area contributed by atoms with Gasteiger partial charge in [-0.1, -0.05) is 6.92 Å². The molecule has 7 heteroatoms. The van der Waals surface area contributed by atoms with Crippen LogP contribution in [0.1, 0.15) is 13.3 Å². The number of amides is 2. The zero-order valence-corrected chi connectivity index (χ0v) is 13.3. The van der Waals surface area contributed by atoms with E-state index >= 15 is 0 Å². The smallest absolute Gasteiger partial charge is 0.231 e. The quantitative estimate of drug-likeness (QED) is 0.703. The van der Waals surface area contributed by atoms with Gasteiger partial charge in [0.1, 0.15) is 0 Å². The molecule has 1 heterocycles. The molecule has 1 aliphatic heterocycles. The Bertz CT molecular complexity index is 341. The Balaban J connectivity index is 2.41. The number of primary amides is 1. The Morgan fingerprint density at radius 1 is 1.55 bits per heavy atom. The van der Waals surface area contributed by atoms with Crippen molar-refractivity contribution in [3.05, 3.63) is 0 Å². The van der Waals surface area contributed by atoms with E-state index in [1.807, 2.05) is 23.1 Å². The van der Waals surface area contributed by atoms with E-state index in [9.17, 15) is 9.59 Å². The number of thioether (sulfide) groups is 1. The highest BCUT2D eigenvalue weighted by Gasteiger charge is 2.25. The van der Waals surface area contributed by atoms with Gasteiger partial charge in [0.15, 0.2) is 0 Å². The van der Waals surface area contributed by atoms with Crippen molar-refractivity contribution in [2.45, 2.75) is 24.7 Å². The highest BCUT2D eigenvalue weighted by atomic mass is 32.2. The Morgan fingerprint density at radius 2 is 2.25 bits per heavy atom. The van der Waals surface area contributed by atoms with Crippen molar-refractivity contribution in [2.75, 3.05) is 46.1 Å². The molecule has 1 rings (SSSR count). The van der Waals surface area contributed by atoms with Crippen LogP contribution in [0.2, 0.25) is 0 Å². The van der Waals surface area contributed by atoms with Gasteiger partial charge in [0.2, 0.25) is 11.8 Å². The Hall–Kier alpha value is -0.790. The summed E-state index contributed by atoms with van der Waals surface area (Å²) in [7, 11) is 1.82. The number of likely N-dealkylation sites (N-methyl/N-ethyl adjacent to an activating group) is 1. The van der Waals surface area contributed by atoms with Gasteiger partial charge in [-0.15, -0.1) is 0 Å². The average molecular weight is 303 g/mol. The van der Waals surface area contributed by atoms with Crippen molar-refractivity contribution in [3.63, 3.8) is 0 Å². The molecule has 1 aliphatic rings. The van der Waals surface area contributed by atoms with Crippen LogP contribution in [-0.4, -0.2) is 79.1 Å². The molecule has 2 N–H and O–H groups in total. The fraction of sp³-hybridized carbons (Fsp3) is 0.846. The number of hydrogen-bond acceptors (Lipinski definition) is 5. The summed E-state index contributed by atoms with van der Waals surface area (Å²) < 4.78 is 5.65. The molecule has 116 valence electrons. The first kappa shape index (κ1) is 17.3. The third-order valence-electron chi connectivity index (χ3n) is 3.30. The normalized spacial score (nSPS) is 21.0. The van der Waals surface area contributed by atoms with E-state index in [0.29, 0.717) is 37.9 Å². The maximum atomic E-state index is 12.1. The van der Waals surface area contributed by atoms with Crippen LogP contribution in [0.15, 0.2) is 0 Å². The first-order valence-corrected chi connectivity index (χ1v) is 8.10. The summed E-state index contributed by atoms with van der Waals surface area (Å²) in [5.41, 5.74) is 5.16. The zero-order valence-electron chi connectivity index (χ0n) is 12.5. The van der Waals surface area contributed by atoms with Gasteiger partial charge < -0.3 is 15.4 Å². The van der Waals surface area contributed by atoms with Crippen LogP contribution in [0.4, 0.5) is 0 Å². The highest BCUT2D eigenvalue weighted by molar-refractivity contribution is 7.99. The standard InChI is InChI=1S/C13H25N3O3S/c1-10(20-3)6-13(18)16-4-5-19-11(8-16)7-15(2)9-12(14)17/h10-11H,4-9H2,1-3H3,(H2,14,17). The topological polar surface area (TPSA) is 75.9 Å². The van der Waals surface area contributed by atoms with Crippen molar-refractivity contribution in [1.29, 1.82) is 0 Å². The molecule has 0 radical (unpaired) electrons. The van der Waals surface area contributed by atoms with Gasteiger partial charge in [-0.3, -0.25) is 14.5 Å². The minimum atomic E-state index is -0.356. The molecule has 6 nitrogen and oxygen atoms in total. The molecule has 1 fully saturated rings. The molecule has 2 unspecified atom stereocenters. The summed E-state index contributed by atoms with van der Waals surface area (Å²) in [5.74, 6) is -0.178. The minimum absolute atomic E-state index is 0.0540. The molecule has 2 atom stereocenters. The molecule has 0 aromatic carbocycles. The van der Waals surface area contributed by atoms with Crippen LogP contribution in [-0.2, 0) is 14.3 Å². The number of carbonyl (C=O) groups is 2. The van der Waals surface area contributed by atoms with Crippen LogP contribution in [0.25, 0.3) is 0 Å². The monoisotopic (exact) mass is 303 g/mol. The molecule has 0 aliphatic carbocycles. The largest absolute Gasteiger partial charge is 0.373 e. The van der Waals surface area contributed by atoms with Crippen LogP contribution >= 0.6 is 11.8 Å². The fourth-order valence-corrected chi connectivity index (χ4v) is 2.50. The molecular formula is C13H25N3O3S. The number of carbonyl (C=O) groups excluding carboxylic acids is 2. The minimum Gasteiger partial charge on any atom is -0.373 e. The van der Waals surface area contributed by atoms with Crippen molar-refractivity contribution in [1.82, 2.24) is 9.80 Å². The predicted molar refractivity (Wildman–Crippen MR) is 80.6 cm³/mol. The van der Waals surface area contributed by atoms with E-state index in [2.05, 4.69) is 6.92 Å². The third kappa shape index (κ3) is 6.11. The van der Waals surface area contributed by atoms with Gasteiger partial charge in [0, 0.05) is 31.3 Å². The number of ether oxygens (including phenoxy) is 1. The van der Waals surface area contributed by atoms with Gasteiger partial charge >= 0.3 is 0 Å². The van der Waals surface area contributed by atoms with Crippen LogP contribution in [0.3, 0.4) is 0 Å². The Kier molecular flexibility index (Phi) is 7.32. The lowest BCUT2D eigenvalue weighted by molar-refractivity contribution is -0.139. The number of hydrogen-bond donors (Lipinski definition) is 1. The second-order valence-corrected chi connectivity index (χ2v) is 6.52. The summed E-state index contributed by atoms with van der Waals surface area (Å²) in [6, 6.07) is 0. The molecule has 2 amide bonds. The molecule has 0 bridgehead atoms. The van der Waals surface area contributed by atoms with E-state index in [1.54, 1.807) is 11.8 Å². The molecule has 0 aromatic rings. The molecule has 0 spiro atoms. The molecule has 0 saturated carbocycles. The van der Waals surface area contributed by atoms with Gasteiger partial charge in [-0.25, -0.2) is 0 Å². The van der Waals surface area contributed by atoms with Crippen molar-refractivity contribution in [2.24, 2.45) is 5.73 Å². The maximum Gasteiger partial charge on any atom is 0.231 e. The zero-order chi connectivity index (χ0) is 15.1. The molecular weight excluding hydrogens is 278 g/mol. The molecule has 20 heavy (non-hydrogen) atoms. The van der Waals surface area contributed by atoms with E-state index in [4.69, 9.17) is 10.5 Å². The summed E-state index contributed by atoms with van der Waals surface area (Å²) in [5, 5.41) is 0.335. The second-order valence-electron chi connectivity index (χ2n) is 5.25. The number of rotatable bonds is 7. The molecule has 0 aromatic heterocycles. The van der Waals surface area contributed by atoms with Gasteiger partial charge in [-0.05, 0) is 13.3 Å². The Morgan fingerprint density at radius 3 is 2.85 bits per heavy atom. The van der Waals surface area contributed by atoms with Crippen LogP contribution in [0, 0.1) is 0 Å². The summed E-state index contributed by atoms with van der Waals surface area (Å²) in [6.07, 6.45) is 2.52. The van der Waals surface area contributed by atoms with E-state index in [-0.39, 0.29) is 24.5 Å². The lowest BCUT2D eigenvalue weighted by atomic mass is 10.2. The van der Waals surface area contributed by atoms with Crippen LogP contribution < -0.4 is 5.73 Å². The van der Waals surface area contributed by atoms with Gasteiger partial charge in [0.25, 0.3) is 0 Å². The lowest BCUT2D eigenvalue weighted by Gasteiger charge is -2.35. The average Bonchev–Trinajstić information content (AvgIpc) is 2.37. The molecule has 1 saturated heterocycles. The maximum absolute atomic E-state index is 12.1. The SMILES string of the molecule is CSC(C)CC(=O)N1CCOC(CN(C)CC(N)=O)C1. The Labute approximate surface area is 125 Å². The summed E-state index contributed by atoms with van der Waals surface area (Å²) in [4.78, 5) is 26.7. The van der Waals surface area contributed by atoms with E-state index in [0.717, 1.165) is 0 Å². The number of morpholine rings is 1. The van der Waals surface area contributed by atoms with Crippen molar-refractivity contribution >= 4 is 23.6 Å².